The number of H-pyrrole nitrogens is 1. The maximum atomic E-state index is 12.6. The molecule has 0 saturated heterocycles. The summed E-state index contributed by atoms with van der Waals surface area (Å²) in [5.74, 6) is 0.276. The lowest BCUT2D eigenvalue weighted by molar-refractivity contribution is 0.0951. The Morgan fingerprint density at radius 1 is 1.40 bits per heavy atom. The summed E-state index contributed by atoms with van der Waals surface area (Å²) in [6.45, 7) is 2.07. The van der Waals surface area contributed by atoms with E-state index >= 15 is 0 Å². The molecule has 7 nitrogen and oxygen atoms in total. The van der Waals surface area contributed by atoms with Gasteiger partial charge in [0.05, 0.1) is 22.6 Å². The first-order valence-electron chi connectivity index (χ1n) is 8.04. The summed E-state index contributed by atoms with van der Waals surface area (Å²) in [6, 6.07) is 5.55. The van der Waals surface area contributed by atoms with Crippen molar-refractivity contribution in [3.05, 3.63) is 56.9 Å². The first-order valence-corrected chi connectivity index (χ1v) is 8.42. The van der Waals surface area contributed by atoms with Gasteiger partial charge < -0.3 is 5.32 Å². The van der Waals surface area contributed by atoms with Crippen LogP contribution >= 0.6 is 11.6 Å². The molecule has 128 valence electrons. The number of carbonyl (C=O) groups is 1. The van der Waals surface area contributed by atoms with Crippen LogP contribution in [-0.2, 0) is 6.54 Å². The van der Waals surface area contributed by atoms with E-state index in [0.717, 1.165) is 18.4 Å². The van der Waals surface area contributed by atoms with Crippen molar-refractivity contribution in [3.63, 3.8) is 0 Å². The lowest BCUT2D eigenvalue weighted by Gasteiger charge is -2.10. The minimum absolute atomic E-state index is 0.178. The van der Waals surface area contributed by atoms with E-state index in [-0.39, 0.29) is 24.2 Å². The van der Waals surface area contributed by atoms with Crippen molar-refractivity contribution < 1.29 is 4.79 Å². The fourth-order valence-corrected chi connectivity index (χ4v) is 3.12. The molecule has 25 heavy (non-hydrogen) atoms. The monoisotopic (exact) mass is 357 g/mol. The van der Waals surface area contributed by atoms with Crippen LogP contribution in [0.5, 0.6) is 0 Å². The second-order valence-corrected chi connectivity index (χ2v) is 6.56. The van der Waals surface area contributed by atoms with E-state index in [2.05, 4.69) is 20.5 Å². The highest BCUT2D eigenvalue weighted by Crippen LogP contribution is 2.34. The Morgan fingerprint density at radius 2 is 2.20 bits per heavy atom. The zero-order valence-electron chi connectivity index (χ0n) is 13.5. The number of halogens is 1. The predicted molar refractivity (Wildman–Crippen MR) is 93.8 cm³/mol. The Kier molecular flexibility index (Phi) is 3.80. The molecule has 2 N–H and O–H groups in total. The standard InChI is InChI=1S/C17H16ClN5O2/c1-9-2-5-11-12(6-7-19-15(11)14(9)18)16(24)20-8-13-21-22-17(25)23(13)10-3-4-10/h2,5-7,10H,3-4,8H2,1H3,(H,20,24)(H,22,25). The number of amides is 1. The first kappa shape index (κ1) is 15.8. The molecule has 1 saturated carbocycles. The van der Waals surface area contributed by atoms with Crippen LogP contribution in [0.4, 0.5) is 0 Å². The number of aromatic nitrogens is 4. The van der Waals surface area contributed by atoms with Gasteiger partial charge in [-0.3, -0.25) is 14.3 Å². The van der Waals surface area contributed by atoms with Gasteiger partial charge in [-0.1, -0.05) is 23.7 Å². The third-order valence-corrected chi connectivity index (χ3v) is 4.86. The molecule has 0 aliphatic heterocycles. The van der Waals surface area contributed by atoms with E-state index in [9.17, 15) is 9.59 Å². The topological polar surface area (TPSA) is 92.7 Å². The Balaban J connectivity index is 1.61. The average Bonchev–Trinajstić information content (AvgIpc) is 3.38. The minimum Gasteiger partial charge on any atom is -0.345 e. The van der Waals surface area contributed by atoms with Gasteiger partial charge in [0.2, 0.25) is 0 Å². The summed E-state index contributed by atoms with van der Waals surface area (Å²) in [5, 5.41) is 10.5. The summed E-state index contributed by atoms with van der Waals surface area (Å²) in [5.41, 5.74) is 1.76. The quantitative estimate of drug-likeness (QED) is 0.749. The molecular weight excluding hydrogens is 342 g/mol. The van der Waals surface area contributed by atoms with Crippen LogP contribution < -0.4 is 11.0 Å². The van der Waals surface area contributed by atoms with Gasteiger partial charge in [-0.05, 0) is 31.4 Å². The van der Waals surface area contributed by atoms with Crippen molar-refractivity contribution >= 4 is 28.4 Å². The van der Waals surface area contributed by atoms with E-state index in [1.165, 1.54) is 0 Å². The van der Waals surface area contributed by atoms with Crippen molar-refractivity contribution in [1.82, 2.24) is 25.1 Å². The number of aryl methyl sites for hydroxylation is 1. The van der Waals surface area contributed by atoms with Gasteiger partial charge >= 0.3 is 5.69 Å². The molecule has 0 bridgehead atoms. The van der Waals surface area contributed by atoms with Gasteiger partial charge in [0.25, 0.3) is 5.91 Å². The molecule has 0 spiro atoms. The van der Waals surface area contributed by atoms with Crippen LogP contribution in [0.3, 0.4) is 0 Å². The number of nitrogens with one attached hydrogen (secondary N) is 2. The number of fused-ring (bicyclic) bond motifs is 1. The van der Waals surface area contributed by atoms with Crippen LogP contribution in [0.1, 0.15) is 40.6 Å². The molecule has 1 aromatic carbocycles. The number of hydrogen-bond donors (Lipinski definition) is 2. The summed E-state index contributed by atoms with van der Waals surface area (Å²) in [6.07, 6.45) is 3.50. The third kappa shape index (κ3) is 2.80. The van der Waals surface area contributed by atoms with E-state index in [1.54, 1.807) is 16.8 Å². The second kappa shape index (κ2) is 6.00. The largest absolute Gasteiger partial charge is 0.345 e. The van der Waals surface area contributed by atoms with Crippen LogP contribution in [0.15, 0.2) is 29.2 Å². The molecule has 0 radical (unpaired) electrons. The van der Waals surface area contributed by atoms with Gasteiger partial charge in [-0.15, -0.1) is 0 Å². The van der Waals surface area contributed by atoms with Crippen LogP contribution in [0, 0.1) is 6.92 Å². The van der Waals surface area contributed by atoms with E-state index < -0.39 is 0 Å². The first-order chi connectivity index (χ1) is 12.1. The van der Waals surface area contributed by atoms with Crippen LogP contribution in [0.2, 0.25) is 5.02 Å². The fourth-order valence-electron chi connectivity index (χ4n) is 2.91. The highest BCUT2D eigenvalue weighted by Gasteiger charge is 2.28. The average molecular weight is 358 g/mol. The lowest BCUT2D eigenvalue weighted by Crippen LogP contribution is -2.26. The summed E-state index contributed by atoms with van der Waals surface area (Å²) < 4.78 is 1.62. The van der Waals surface area contributed by atoms with Crippen LogP contribution in [0.25, 0.3) is 10.9 Å². The SMILES string of the molecule is Cc1ccc2c(C(=O)NCc3n[nH]c(=O)n3C3CC3)ccnc2c1Cl. The van der Waals surface area contributed by atoms with Crippen molar-refractivity contribution in [2.24, 2.45) is 0 Å². The molecule has 3 aromatic rings. The smallest absolute Gasteiger partial charge is 0.343 e. The molecule has 1 fully saturated rings. The van der Waals surface area contributed by atoms with Gasteiger partial charge in [0.1, 0.15) is 0 Å². The normalized spacial score (nSPS) is 14.0. The molecule has 2 heterocycles. The Hall–Kier alpha value is -2.67. The number of hydrogen-bond acceptors (Lipinski definition) is 4. The van der Waals surface area contributed by atoms with E-state index in [4.69, 9.17) is 11.6 Å². The Bertz CT molecular complexity index is 1040. The number of nitrogens with zero attached hydrogens (tertiary/aromatic N) is 3. The van der Waals surface area contributed by atoms with Crippen molar-refractivity contribution in [1.29, 1.82) is 0 Å². The zero-order chi connectivity index (χ0) is 17.6. The minimum atomic E-state index is -0.259. The van der Waals surface area contributed by atoms with Gasteiger partial charge in [-0.2, -0.15) is 5.10 Å². The summed E-state index contributed by atoms with van der Waals surface area (Å²) in [7, 11) is 0. The van der Waals surface area contributed by atoms with Crippen molar-refractivity contribution in [2.45, 2.75) is 32.4 Å². The Morgan fingerprint density at radius 3 is 2.96 bits per heavy atom. The molecule has 4 rings (SSSR count). The molecule has 0 unspecified atom stereocenters. The molecule has 8 heteroatoms. The fraction of sp³-hybridized carbons (Fsp3) is 0.294. The van der Waals surface area contributed by atoms with Gasteiger partial charge in [0, 0.05) is 17.6 Å². The maximum absolute atomic E-state index is 12.6. The van der Waals surface area contributed by atoms with Crippen LogP contribution in [-0.4, -0.2) is 25.7 Å². The third-order valence-electron chi connectivity index (χ3n) is 4.39. The summed E-state index contributed by atoms with van der Waals surface area (Å²) >= 11 is 6.29. The van der Waals surface area contributed by atoms with Crippen molar-refractivity contribution in [2.75, 3.05) is 0 Å². The van der Waals surface area contributed by atoms with E-state index in [1.807, 2.05) is 19.1 Å². The molecular formula is C17H16ClN5O2. The Labute approximate surface area is 148 Å². The number of aromatic amines is 1. The van der Waals surface area contributed by atoms with Gasteiger partial charge in [-0.25, -0.2) is 9.89 Å². The molecule has 0 atom stereocenters. The molecule has 1 aliphatic carbocycles. The number of pyridine rings is 1. The molecule has 1 aliphatic rings. The maximum Gasteiger partial charge on any atom is 0.343 e. The molecule has 1 amide bonds. The summed E-state index contributed by atoms with van der Waals surface area (Å²) in [4.78, 5) is 28.7. The predicted octanol–water partition coefficient (Wildman–Crippen LogP) is 2.35. The second-order valence-electron chi connectivity index (χ2n) is 6.18. The highest BCUT2D eigenvalue weighted by atomic mass is 35.5. The van der Waals surface area contributed by atoms with Gasteiger partial charge in [0.15, 0.2) is 5.82 Å². The van der Waals surface area contributed by atoms with Crippen molar-refractivity contribution in [3.8, 4) is 0 Å². The van der Waals surface area contributed by atoms with E-state index in [0.29, 0.717) is 27.3 Å². The number of carbonyl (C=O) groups excluding carboxylic acids is 1. The lowest BCUT2D eigenvalue weighted by atomic mass is 10.1. The number of benzene rings is 1. The molecule has 2 aromatic heterocycles. The highest BCUT2D eigenvalue weighted by molar-refractivity contribution is 6.36. The zero-order valence-corrected chi connectivity index (χ0v) is 14.3. The number of rotatable bonds is 4.